The minimum absolute atomic E-state index is 0. The fraction of sp³-hybridized carbons (Fsp3) is 0.286. The maximum atomic E-state index is 12.3. The van der Waals surface area contributed by atoms with E-state index in [4.69, 9.17) is 5.73 Å². The molecule has 7 nitrogen and oxygen atoms in total. The number of nitrogens with two attached hydrogens (primary N) is 1. The molecule has 2 aromatic rings. The van der Waals surface area contributed by atoms with Gasteiger partial charge in [0.05, 0.1) is 10.9 Å². The summed E-state index contributed by atoms with van der Waals surface area (Å²) in [6.07, 6.45) is 1.51. The molecule has 0 aliphatic carbocycles. The van der Waals surface area contributed by atoms with Crippen LogP contribution in [-0.2, 0) is 14.8 Å². The van der Waals surface area contributed by atoms with Crippen molar-refractivity contribution in [2.24, 2.45) is 11.7 Å². The van der Waals surface area contributed by atoms with Crippen LogP contribution in [0, 0.1) is 5.92 Å². The summed E-state index contributed by atoms with van der Waals surface area (Å²) in [5, 5.41) is 4.57. The van der Waals surface area contributed by atoms with E-state index in [0.717, 1.165) is 0 Å². The number of rotatable bonds is 6. The number of nitrogens with one attached hydrogen (secondary N) is 2. The van der Waals surface area contributed by atoms with E-state index >= 15 is 0 Å². The molecule has 132 valence electrons. The predicted molar refractivity (Wildman–Crippen MR) is 98.1 cm³/mol. The topological polar surface area (TPSA) is 114 Å². The van der Waals surface area contributed by atoms with Gasteiger partial charge in [0, 0.05) is 17.3 Å². The third-order valence-electron chi connectivity index (χ3n) is 3.09. The highest BCUT2D eigenvalue weighted by atomic mass is 35.5. The Morgan fingerprint density at radius 1 is 1.33 bits per heavy atom. The molecule has 0 radical (unpaired) electrons. The lowest BCUT2D eigenvalue weighted by Gasteiger charge is -2.15. The number of hydrogen-bond donors (Lipinski definition) is 3. The Labute approximate surface area is 151 Å². The molecule has 0 spiro atoms. The molecule has 10 heteroatoms. The molecule has 1 heterocycles. The molecular formula is C14H19ClN4O3S2. The maximum absolute atomic E-state index is 12.3. The quantitative estimate of drug-likeness (QED) is 0.700. The summed E-state index contributed by atoms with van der Waals surface area (Å²) in [5.74, 6) is -0.379. The maximum Gasteiger partial charge on any atom is 0.263 e. The molecule has 0 unspecified atom stereocenters. The number of amides is 1. The highest BCUT2D eigenvalue weighted by Gasteiger charge is 2.19. The van der Waals surface area contributed by atoms with Gasteiger partial charge in [-0.3, -0.25) is 9.52 Å². The number of benzene rings is 1. The fourth-order valence-electron chi connectivity index (χ4n) is 1.72. The monoisotopic (exact) mass is 390 g/mol. The highest BCUT2D eigenvalue weighted by Crippen LogP contribution is 2.20. The fourth-order valence-corrected chi connectivity index (χ4v) is 3.55. The van der Waals surface area contributed by atoms with E-state index in [-0.39, 0.29) is 34.3 Å². The molecular weight excluding hydrogens is 372 g/mol. The molecule has 0 aliphatic rings. The molecule has 1 aromatic heterocycles. The van der Waals surface area contributed by atoms with Gasteiger partial charge in [0.15, 0.2) is 5.13 Å². The Balaban J connectivity index is 0.00000288. The molecule has 2 rings (SSSR count). The van der Waals surface area contributed by atoms with Gasteiger partial charge in [-0.1, -0.05) is 19.9 Å². The summed E-state index contributed by atoms with van der Waals surface area (Å²) in [4.78, 5) is 15.9. The van der Waals surface area contributed by atoms with Crippen LogP contribution in [0.15, 0.2) is 40.7 Å². The van der Waals surface area contributed by atoms with Crippen molar-refractivity contribution < 1.29 is 13.2 Å². The van der Waals surface area contributed by atoms with Gasteiger partial charge in [-0.2, -0.15) is 0 Å². The summed E-state index contributed by atoms with van der Waals surface area (Å²) >= 11 is 1.18. The summed E-state index contributed by atoms with van der Waals surface area (Å²) in [6.45, 7) is 3.67. The summed E-state index contributed by atoms with van der Waals surface area (Å²) in [7, 11) is -3.76. The summed E-state index contributed by atoms with van der Waals surface area (Å²) < 4.78 is 27.0. The standard InChI is InChI=1S/C14H18N4O3S2.ClH/c1-9(2)12(15)13(19)17-10-4-3-5-11(8-10)23(20,21)18-14-16-6-7-22-14;/h3-9,12H,15H2,1-2H3,(H,16,18)(H,17,19);1H/t12-;/m0./s1. The van der Waals surface area contributed by atoms with E-state index in [0.29, 0.717) is 5.69 Å². The number of anilines is 2. The lowest BCUT2D eigenvalue weighted by atomic mass is 10.1. The Morgan fingerprint density at radius 2 is 2.04 bits per heavy atom. The van der Waals surface area contributed by atoms with Crippen molar-refractivity contribution in [1.29, 1.82) is 0 Å². The second-order valence-electron chi connectivity index (χ2n) is 5.23. The SMILES string of the molecule is CC(C)[C@H](N)C(=O)Nc1cccc(S(=O)(=O)Nc2nccs2)c1.Cl. The first-order valence-corrected chi connectivity index (χ1v) is 9.24. The number of nitrogens with zero attached hydrogens (tertiary/aromatic N) is 1. The highest BCUT2D eigenvalue weighted by molar-refractivity contribution is 7.93. The molecule has 4 N–H and O–H groups in total. The van der Waals surface area contributed by atoms with Crippen molar-refractivity contribution in [2.45, 2.75) is 24.8 Å². The van der Waals surface area contributed by atoms with Gasteiger partial charge in [-0.05, 0) is 24.1 Å². The van der Waals surface area contributed by atoms with Crippen molar-refractivity contribution in [3.8, 4) is 0 Å². The van der Waals surface area contributed by atoms with Crippen molar-refractivity contribution >= 4 is 50.5 Å². The molecule has 1 amide bonds. The molecule has 0 bridgehead atoms. The molecule has 0 saturated heterocycles. The first kappa shape index (κ1) is 20.4. The van der Waals surface area contributed by atoms with Gasteiger partial charge >= 0.3 is 0 Å². The average Bonchev–Trinajstić information content (AvgIpc) is 2.98. The van der Waals surface area contributed by atoms with Crippen molar-refractivity contribution in [3.05, 3.63) is 35.8 Å². The number of aromatic nitrogens is 1. The van der Waals surface area contributed by atoms with E-state index < -0.39 is 16.1 Å². The van der Waals surface area contributed by atoms with Gasteiger partial charge in [0.25, 0.3) is 10.0 Å². The van der Waals surface area contributed by atoms with Crippen LogP contribution in [0.3, 0.4) is 0 Å². The second-order valence-corrected chi connectivity index (χ2v) is 7.81. The summed E-state index contributed by atoms with van der Waals surface area (Å²) in [6, 6.07) is 5.30. The smallest absolute Gasteiger partial charge is 0.263 e. The molecule has 24 heavy (non-hydrogen) atoms. The Hall–Kier alpha value is -1.68. The van der Waals surface area contributed by atoms with Gasteiger partial charge in [0.2, 0.25) is 5.91 Å². The van der Waals surface area contributed by atoms with Crippen LogP contribution in [0.4, 0.5) is 10.8 Å². The van der Waals surface area contributed by atoms with Crippen molar-refractivity contribution in [2.75, 3.05) is 10.0 Å². The minimum atomic E-state index is -3.76. The van der Waals surface area contributed by atoms with Crippen LogP contribution in [0.5, 0.6) is 0 Å². The number of halogens is 1. The van der Waals surface area contributed by atoms with Crippen LogP contribution in [0.1, 0.15) is 13.8 Å². The normalized spacial score (nSPS) is 12.3. The van der Waals surface area contributed by atoms with Crippen molar-refractivity contribution in [3.63, 3.8) is 0 Å². The third kappa shape index (κ3) is 5.17. The lowest BCUT2D eigenvalue weighted by molar-refractivity contribution is -0.118. The number of hydrogen-bond acceptors (Lipinski definition) is 6. The Morgan fingerprint density at radius 3 is 2.62 bits per heavy atom. The van der Waals surface area contributed by atoms with Crippen LogP contribution in [0.25, 0.3) is 0 Å². The number of carbonyl (C=O) groups is 1. The third-order valence-corrected chi connectivity index (χ3v) is 5.24. The first-order chi connectivity index (χ1) is 10.8. The Kier molecular flexibility index (Phi) is 7.15. The van der Waals surface area contributed by atoms with E-state index in [9.17, 15) is 13.2 Å². The van der Waals surface area contributed by atoms with Gasteiger partial charge in [0.1, 0.15) is 0 Å². The predicted octanol–water partition coefficient (Wildman–Crippen LogP) is 2.29. The molecule has 1 aromatic carbocycles. The van der Waals surface area contributed by atoms with Gasteiger partial charge in [-0.25, -0.2) is 13.4 Å². The van der Waals surface area contributed by atoms with Crippen LogP contribution in [-0.4, -0.2) is 25.4 Å². The van der Waals surface area contributed by atoms with Gasteiger partial charge in [-0.15, -0.1) is 23.7 Å². The molecule has 0 fully saturated rings. The van der Waals surface area contributed by atoms with E-state index in [2.05, 4.69) is 15.0 Å². The van der Waals surface area contributed by atoms with E-state index in [1.807, 2.05) is 13.8 Å². The van der Waals surface area contributed by atoms with E-state index in [1.165, 1.54) is 29.7 Å². The summed E-state index contributed by atoms with van der Waals surface area (Å²) in [5.41, 5.74) is 6.14. The van der Waals surface area contributed by atoms with E-state index in [1.54, 1.807) is 17.5 Å². The molecule has 0 saturated carbocycles. The van der Waals surface area contributed by atoms with Crippen LogP contribution < -0.4 is 15.8 Å². The van der Waals surface area contributed by atoms with Crippen molar-refractivity contribution in [1.82, 2.24) is 4.98 Å². The number of sulfonamides is 1. The molecule has 1 atom stereocenters. The van der Waals surface area contributed by atoms with Crippen LogP contribution in [0.2, 0.25) is 0 Å². The number of carbonyl (C=O) groups excluding carboxylic acids is 1. The molecule has 0 aliphatic heterocycles. The zero-order valence-electron chi connectivity index (χ0n) is 13.1. The number of thiazole rings is 1. The van der Waals surface area contributed by atoms with Crippen LogP contribution >= 0.6 is 23.7 Å². The minimum Gasteiger partial charge on any atom is -0.325 e. The van der Waals surface area contributed by atoms with Gasteiger partial charge < -0.3 is 11.1 Å². The lowest BCUT2D eigenvalue weighted by Crippen LogP contribution is -2.39. The zero-order chi connectivity index (χ0) is 17.0. The second kappa shape index (κ2) is 8.43. The average molecular weight is 391 g/mol. The zero-order valence-corrected chi connectivity index (χ0v) is 15.5. The first-order valence-electron chi connectivity index (χ1n) is 6.88. The largest absolute Gasteiger partial charge is 0.325 e. The Bertz CT molecular complexity index is 779.